The first-order chi connectivity index (χ1) is 7.56. The van der Waals surface area contributed by atoms with E-state index in [-0.39, 0.29) is 23.8 Å². The Kier molecular flexibility index (Phi) is 2.88. The number of carboxylic acids is 1. The van der Waals surface area contributed by atoms with Crippen molar-refractivity contribution in [1.82, 2.24) is 4.90 Å². The van der Waals surface area contributed by atoms with Gasteiger partial charge in [-0.3, -0.25) is 9.59 Å². The highest BCUT2D eigenvalue weighted by Crippen LogP contribution is 2.48. The van der Waals surface area contributed by atoms with Gasteiger partial charge in [0, 0.05) is 13.1 Å². The fraction of sp³-hybridized carbons (Fsp3) is 0.818. The second kappa shape index (κ2) is 4.05. The van der Waals surface area contributed by atoms with Crippen LogP contribution in [-0.4, -0.2) is 41.5 Å². The van der Waals surface area contributed by atoms with Crippen molar-refractivity contribution in [3.63, 3.8) is 0 Å². The van der Waals surface area contributed by atoms with Crippen molar-refractivity contribution in [3.05, 3.63) is 0 Å². The summed E-state index contributed by atoms with van der Waals surface area (Å²) >= 11 is 0. The van der Waals surface area contributed by atoms with Crippen LogP contribution in [0.3, 0.4) is 0 Å². The maximum Gasteiger partial charge on any atom is 0.306 e. The molecule has 2 rings (SSSR count). The average Bonchev–Trinajstić information content (AvgIpc) is 2.86. The van der Waals surface area contributed by atoms with E-state index in [1.807, 2.05) is 0 Å². The highest BCUT2D eigenvalue weighted by molar-refractivity contribution is 5.78. The standard InChI is InChI=1S/C11H18N2O3/c12-6-9(14)13-4-3-11(7-13)2-1-8(5-11)10(15)16/h8H,1-7,12H2,(H,15,16). The Morgan fingerprint density at radius 3 is 2.75 bits per heavy atom. The molecule has 16 heavy (non-hydrogen) atoms. The van der Waals surface area contributed by atoms with Gasteiger partial charge in [-0.2, -0.15) is 0 Å². The largest absolute Gasteiger partial charge is 0.481 e. The van der Waals surface area contributed by atoms with Crippen molar-refractivity contribution in [3.8, 4) is 0 Å². The second-order valence-corrected chi connectivity index (χ2v) is 5.05. The smallest absolute Gasteiger partial charge is 0.306 e. The molecule has 1 amide bonds. The lowest BCUT2D eigenvalue weighted by atomic mass is 9.84. The SMILES string of the molecule is NCC(=O)N1CCC2(CCC(C(=O)O)C2)C1. The molecule has 0 radical (unpaired) electrons. The first kappa shape index (κ1) is 11.4. The Hall–Kier alpha value is -1.10. The predicted octanol–water partition coefficient (Wildman–Crippen LogP) is 0.0485. The Bertz CT molecular complexity index is 318. The zero-order valence-electron chi connectivity index (χ0n) is 9.32. The van der Waals surface area contributed by atoms with Crippen molar-refractivity contribution in [2.24, 2.45) is 17.1 Å². The fourth-order valence-electron chi connectivity index (χ4n) is 3.07. The fourth-order valence-corrected chi connectivity index (χ4v) is 3.07. The van der Waals surface area contributed by atoms with E-state index in [4.69, 9.17) is 10.8 Å². The molecule has 1 aliphatic carbocycles. The Labute approximate surface area is 94.6 Å². The van der Waals surface area contributed by atoms with Crippen LogP contribution in [0.1, 0.15) is 25.7 Å². The number of nitrogens with zero attached hydrogens (tertiary/aromatic N) is 1. The van der Waals surface area contributed by atoms with E-state index >= 15 is 0 Å². The maximum absolute atomic E-state index is 11.5. The van der Waals surface area contributed by atoms with Crippen molar-refractivity contribution in [2.75, 3.05) is 19.6 Å². The minimum atomic E-state index is -0.694. The normalized spacial score (nSPS) is 33.6. The van der Waals surface area contributed by atoms with Crippen molar-refractivity contribution in [2.45, 2.75) is 25.7 Å². The minimum absolute atomic E-state index is 0.0179. The number of hydrogen-bond acceptors (Lipinski definition) is 3. The van der Waals surface area contributed by atoms with Crippen molar-refractivity contribution < 1.29 is 14.7 Å². The molecule has 0 aromatic rings. The highest BCUT2D eigenvalue weighted by atomic mass is 16.4. The molecule has 3 N–H and O–H groups in total. The monoisotopic (exact) mass is 226 g/mol. The van der Waals surface area contributed by atoms with Gasteiger partial charge in [-0.25, -0.2) is 0 Å². The summed E-state index contributed by atoms with van der Waals surface area (Å²) in [6.45, 7) is 1.49. The van der Waals surface area contributed by atoms with Crippen LogP contribution in [0.15, 0.2) is 0 Å². The molecule has 1 saturated heterocycles. The molecular formula is C11H18N2O3. The molecule has 2 aliphatic rings. The number of aliphatic carboxylic acids is 1. The number of amides is 1. The van der Waals surface area contributed by atoms with E-state index in [2.05, 4.69) is 0 Å². The number of likely N-dealkylation sites (tertiary alicyclic amines) is 1. The lowest BCUT2D eigenvalue weighted by Gasteiger charge is -2.23. The molecule has 2 unspecified atom stereocenters. The molecule has 1 saturated carbocycles. The maximum atomic E-state index is 11.5. The molecule has 1 heterocycles. The summed E-state index contributed by atoms with van der Waals surface area (Å²) in [6, 6.07) is 0. The number of hydrogen-bond donors (Lipinski definition) is 2. The summed E-state index contributed by atoms with van der Waals surface area (Å²) < 4.78 is 0. The van der Waals surface area contributed by atoms with Crippen LogP contribution in [0.5, 0.6) is 0 Å². The minimum Gasteiger partial charge on any atom is -0.481 e. The van der Waals surface area contributed by atoms with Crippen LogP contribution in [0.25, 0.3) is 0 Å². The van der Waals surface area contributed by atoms with Gasteiger partial charge in [0.05, 0.1) is 12.5 Å². The third kappa shape index (κ3) is 1.91. The molecule has 0 bridgehead atoms. The lowest BCUT2D eigenvalue weighted by Crippen LogP contribution is -2.35. The van der Waals surface area contributed by atoms with Crippen molar-refractivity contribution in [1.29, 1.82) is 0 Å². The van der Waals surface area contributed by atoms with Crippen molar-refractivity contribution >= 4 is 11.9 Å². The summed E-state index contributed by atoms with van der Waals surface area (Å²) in [4.78, 5) is 24.1. The Balaban J connectivity index is 1.98. The topological polar surface area (TPSA) is 83.6 Å². The van der Waals surface area contributed by atoms with E-state index in [0.717, 1.165) is 32.2 Å². The number of rotatable bonds is 2. The van der Waals surface area contributed by atoms with Gasteiger partial charge < -0.3 is 15.7 Å². The highest BCUT2D eigenvalue weighted by Gasteiger charge is 2.46. The van der Waals surface area contributed by atoms with Crippen LogP contribution >= 0.6 is 0 Å². The predicted molar refractivity (Wildman–Crippen MR) is 57.7 cm³/mol. The quantitative estimate of drug-likeness (QED) is 0.696. The summed E-state index contributed by atoms with van der Waals surface area (Å²) in [7, 11) is 0. The molecule has 90 valence electrons. The molecule has 1 spiro atoms. The molecular weight excluding hydrogens is 208 g/mol. The summed E-state index contributed by atoms with van der Waals surface area (Å²) in [5.41, 5.74) is 5.39. The molecule has 5 heteroatoms. The Morgan fingerprint density at radius 2 is 2.19 bits per heavy atom. The number of carbonyl (C=O) groups is 2. The van der Waals surface area contributed by atoms with Gasteiger partial charge in [-0.05, 0) is 31.1 Å². The molecule has 5 nitrogen and oxygen atoms in total. The van der Waals surface area contributed by atoms with Crippen LogP contribution in [0.2, 0.25) is 0 Å². The van der Waals surface area contributed by atoms with Gasteiger partial charge in [-0.1, -0.05) is 0 Å². The van der Waals surface area contributed by atoms with Gasteiger partial charge in [-0.15, -0.1) is 0 Å². The Morgan fingerprint density at radius 1 is 1.44 bits per heavy atom. The molecule has 2 fully saturated rings. The van der Waals surface area contributed by atoms with Crippen LogP contribution < -0.4 is 5.73 Å². The van der Waals surface area contributed by atoms with Crippen LogP contribution in [0.4, 0.5) is 0 Å². The third-order valence-electron chi connectivity index (χ3n) is 4.02. The van der Waals surface area contributed by atoms with Gasteiger partial charge in [0.2, 0.25) is 5.91 Å². The van der Waals surface area contributed by atoms with E-state index in [0.29, 0.717) is 6.54 Å². The number of carbonyl (C=O) groups excluding carboxylic acids is 1. The van der Waals surface area contributed by atoms with E-state index in [9.17, 15) is 9.59 Å². The van der Waals surface area contributed by atoms with Gasteiger partial charge >= 0.3 is 5.97 Å². The second-order valence-electron chi connectivity index (χ2n) is 5.05. The van der Waals surface area contributed by atoms with Gasteiger partial charge in [0.25, 0.3) is 0 Å². The first-order valence-electron chi connectivity index (χ1n) is 5.77. The number of nitrogens with two attached hydrogens (primary N) is 1. The molecule has 0 aromatic heterocycles. The van der Waals surface area contributed by atoms with E-state index in [1.54, 1.807) is 4.90 Å². The van der Waals surface area contributed by atoms with Gasteiger partial charge in [0.15, 0.2) is 0 Å². The zero-order chi connectivity index (χ0) is 11.8. The molecule has 0 aromatic carbocycles. The van der Waals surface area contributed by atoms with Crippen LogP contribution in [-0.2, 0) is 9.59 Å². The average molecular weight is 226 g/mol. The third-order valence-corrected chi connectivity index (χ3v) is 4.02. The summed E-state index contributed by atoms with van der Waals surface area (Å²) in [5.74, 6) is -0.927. The summed E-state index contributed by atoms with van der Waals surface area (Å²) in [6.07, 6.45) is 3.33. The van der Waals surface area contributed by atoms with Gasteiger partial charge in [0.1, 0.15) is 0 Å². The lowest BCUT2D eigenvalue weighted by molar-refractivity contribution is -0.141. The zero-order valence-corrected chi connectivity index (χ0v) is 9.32. The molecule has 1 aliphatic heterocycles. The first-order valence-corrected chi connectivity index (χ1v) is 5.77. The van der Waals surface area contributed by atoms with E-state index < -0.39 is 5.97 Å². The van der Waals surface area contributed by atoms with E-state index in [1.165, 1.54) is 0 Å². The van der Waals surface area contributed by atoms with Crippen LogP contribution in [0, 0.1) is 11.3 Å². The molecule has 2 atom stereocenters. The number of carboxylic acid groups (broad SMARTS) is 1. The summed E-state index contributed by atoms with van der Waals surface area (Å²) in [5, 5.41) is 8.98.